The van der Waals surface area contributed by atoms with Crippen LogP contribution in [0.15, 0.2) is 71.8 Å². The maximum atomic E-state index is 12.2. The van der Waals surface area contributed by atoms with Gasteiger partial charge in [0.2, 0.25) is 0 Å². The van der Waals surface area contributed by atoms with E-state index in [1.807, 2.05) is 51.1 Å². The Kier molecular flexibility index (Phi) is 7.17. The van der Waals surface area contributed by atoms with Crippen LogP contribution in [0.4, 0.5) is 0 Å². The van der Waals surface area contributed by atoms with Crippen molar-refractivity contribution < 1.29 is 19.1 Å². The van der Waals surface area contributed by atoms with E-state index in [-0.39, 0.29) is 12.5 Å². The van der Waals surface area contributed by atoms with Crippen LogP contribution in [-0.4, -0.2) is 24.7 Å². The van der Waals surface area contributed by atoms with Gasteiger partial charge in [-0.3, -0.25) is 4.79 Å². The van der Waals surface area contributed by atoms with Crippen LogP contribution < -0.4 is 14.9 Å². The summed E-state index contributed by atoms with van der Waals surface area (Å²) in [5.41, 5.74) is 6.68. The lowest BCUT2D eigenvalue weighted by molar-refractivity contribution is -0.123. The highest BCUT2D eigenvalue weighted by atomic mass is 16.5. The fourth-order valence-corrected chi connectivity index (χ4v) is 2.85. The van der Waals surface area contributed by atoms with Crippen molar-refractivity contribution in [3.63, 3.8) is 0 Å². The highest BCUT2D eigenvalue weighted by molar-refractivity contribution is 5.91. The number of nitrogens with zero attached hydrogens (tertiary/aromatic N) is 1. The first-order valence-corrected chi connectivity index (χ1v) is 9.82. The molecule has 31 heavy (non-hydrogen) atoms. The van der Waals surface area contributed by atoms with E-state index in [4.69, 9.17) is 9.47 Å². The van der Waals surface area contributed by atoms with Crippen LogP contribution in [-0.2, 0) is 4.79 Å². The molecule has 0 fully saturated rings. The highest BCUT2D eigenvalue weighted by Gasteiger charge is 2.08. The first kappa shape index (κ1) is 21.8. The van der Waals surface area contributed by atoms with Crippen LogP contribution in [0, 0.1) is 20.8 Å². The predicted octanol–water partition coefficient (Wildman–Crippen LogP) is 4.36. The normalized spacial score (nSPS) is 10.7. The van der Waals surface area contributed by atoms with Gasteiger partial charge in [-0.05, 0) is 73.9 Å². The molecule has 0 saturated heterocycles. The van der Waals surface area contributed by atoms with E-state index >= 15 is 0 Å². The molecule has 0 unspecified atom stereocenters. The maximum Gasteiger partial charge on any atom is 0.343 e. The SMILES string of the molecule is Cc1ccc(C(=O)Oc2ccc(C=NNC(=O)COc3c(C)cccc3C)cc2)cc1. The Labute approximate surface area is 181 Å². The molecule has 0 saturated carbocycles. The molecule has 0 bridgehead atoms. The summed E-state index contributed by atoms with van der Waals surface area (Å²) in [5.74, 6) is 0.353. The van der Waals surface area contributed by atoms with Gasteiger partial charge in [-0.1, -0.05) is 35.9 Å². The maximum absolute atomic E-state index is 12.2. The first-order valence-electron chi connectivity index (χ1n) is 9.82. The number of amides is 1. The molecule has 0 radical (unpaired) electrons. The fourth-order valence-electron chi connectivity index (χ4n) is 2.85. The Hall–Kier alpha value is -3.93. The summed E-state index contributed by atoms with van der Waals surface area (Å²) in [6.07, 6.45) is 1.50. The van der Waals surface area contributed by atoms with Gasteiger partial charge in [0.15, 0.2) is 6.61 Å². The van der Waals surface area contributed by atoms with Gasteiger partial charge in [0.05, 0.1) is 11.8 Å². The number of para-hydroxylation sites is 1. The Morgan fingerprint density at radius 3 is 2.19 bits per heavy atom. The van der Waals surface area contributed by atoms with Gasteiger partial charge in [-0.15, -0.1) is 0 Å². The number of hydrogen-bond acceptors (Lipinski definition) is 5. The summed E-state index contributed by atoms with van der Waals surface area (Å²) < 4.78 is 11.0. The highest BCUT2D eigenvalue weighted by Crippen LogP contribution is 2.22. The summed E-state index contributed by atoms with van der Waals surface area (Å²) in [6.45, 7) is 5.69. The van der Waals surface area contributed by atoms with Crippen molar-refractivity contribution in [3.05, 3.63) is 94.5 Å². The van der Waals surface area contributed by atoms with Crippen molar-refractivity contribution >= 4 is 18.1 Å². The molecule has 1 N–H and O–H groups in total. The van der Waals surface area contributed by atoms with Crippen molar-refractivity contribution in [2.45, 2.75) is 20.8 Å². The second-order valence-corrected chi connectivity index (χ2v) is 7.13. The minimum absolute atomic E-state index is 0.128. The number of esters is 1. The van der Waals surface area contributed by atoms with Gasteiger partial charge in [-0.2, -0.15) is 5.10 Å². The largest absolute Gasteiger partial charge is 0.483 e. The Morgan fingerprint density at radius 2 is 1.55 bits per heavy atom. The van der Waals surface area contributed by atoms with Crippen molar-refractivity contribution in [1.82, 2.24) is 5.43 Å². The zero-order chi connectivity index (χ0) is 22.2. The Bertz CT molecular complexity index is 1070. The average molecular weight is 416 g/mol. The van der Waals surface area contributed by atoms with Crippen LogP contribution >= 0.6 is 0 Å². The minimum Gasteiger partial charge on any atom is -0.483 e. The number of ether oxygens (including phenoxy) is 2. The molecule has 0 aliphatic rings. The minimum atomic E-state index is -0.419. The third kappa shape index (κ3) is 6.27. The number of rotatable bonds is 7. The summed E-state index contributed by atoms with van der Waals surface area (Å²) in [6, 6.07) is 19.8. The molecule has 158 valence electrons. The number of carbonyl (C=O) groups excluding carboxylic acids is 2. The molecule has 0 aliphatic heterocycles. The number of aryl methyl sites for hydroxylation is 3. The van der Waals surface area contributed by atoms with Gasteiger partial charge in [0, 0.05) is 0 Å². The van der Waals surface area contributed by atoms with Gasteiger partial charge in [0.25, 0.3) is 5.91 Å². The lowest BCUT2D eigenvalue weighted by Gasteiger charge is -2.10. The molecule has 0 atom stereocenters. The van der Waals surface area contributed by atoms with Crippen LogP contribution in [0.1, 0.15) is 32.6 Å². The zero-order valence-electron chi connectivity index (χ0n) is 17.7. The molecule has 0 spiro atoms. The molecular formula is C25H24N2O4. The van der Waals surface area contributed by atoms with Gasteiger partial charge < -0.3 is 9.47 Å². The molecule has 6 heteroatoms. The number of carbonyl (C=O) groups is 2. The Morgan fingerprint density at radius 1 is 0.903 bits per heavy atom. The van der Waals surface area contributed by atoms with E-state index in [2.05, 4.69) is 10.5 Å². The number of nitrogens with one attached hydrogen (secondary N) is 1. The van der Waals surface area contributed by atoms with Gasteiger partial charge in [0.1, 0.15) is 11.5 Å². The molecule has 3 aromatic carbocycles. The fraction of sp³-hybridized carbons (Fsp3) is 0.160. The molecule has 1 amide bonds. The third-order valence-corrected chi connectivity index (χ3v) is 4.54. The van der Waals surface area contributed by atoms with E-state index in [0.29, 0.717) is 17.1 Å². The van der Waals surface area contributed by atoms with E-state index in [1.54, 1.807) is 36.4 Å². The molecule has 3 rings (SSSR count). The first-order chi connectivity index (χ1) is 14.9. The van der Waals surface area contributed by atoms with Crippen molar-refractivity contribution in [2.75, 3.05) is 6.61 Å². The van der Waals surface area contributed by atoms with Crippen LogP contribution in [0.5, 0.6) is 11.5 Å². The molecular weight excluding hydrogens is 392 g/mol. The smallest absolute Gasteiger partial charge is 0.343 e. The van der Waals surface area contributed by atoms with E-state index < -0.39 is 5.97 Å². The quantitative estimate of drug-likeness (QED) is 0.269. The average Bonchev–Trinajstić information content (AvgIpc) is 2.75. The topological polar surface area (TPSA) is 77.0 Å². The third-order valence-electron chi connectivity index (χ3n) is 4.54. The standard InChI is InChI=1S/C25H24N2O4/c1-17-7-11-21(12-8-17)25(29)31-22-13-9-20(10-14-22)15-26-27-23(28)16-30-24-18(2)5-4-6-19(24)3/h4-15H,16H2,1-3H3,(H,27,28). The summed E-state index contributed by atoms with van der Waals surface area (Å²) in [7, 11) is 0. The zero-order valence-corrected chi connectivity index (χ0v) is 17.7. The summed E-state index contributed by atoms with van der Waals surface area (Å²) in [5, 5.41) is 3.93. The van der Waals surface area contributed by atoms with E-state index in [1.165, 1.54) is 6.21 Å². The van der Waals surface area contributed by atoms with E-state index in [0.717, 1.165) is 22.3 Å². The number of hydrogen-bond donors (Lipinski definition) is 1. The molecule has 6 nitrogen and oxygen atoms in total. The van der Waals surface area contributed by atoms with Crippen molar-refractivity contribution in [2.24, 2.45) is 5.10 Å². The lowest BCUT2D eigenvalue weighted by Crippen LogP contribution is -2.25. The van der Waals surface area contributed by atoms with E-state index in [9.17, 15) is 9.59 Å². The van der Waals surface area contributed by atoms with Crippen LogP contribution in [0.2, 0.25) is 0 Å². The second-order valence-electron chi connectivity index (χ2n) is 7.13. The van der Waals surface area contributed by atoms with Gasteiger partial charge in [-0.25, -0.2) is 10.2 Å². The molecule has 0 aliphatic carbocycles. The Balaban J connectivity index is 1.48. The lowest BCUT2D eigenvalue weighted by atomic mass is 10.1. The van der Waals surface area contributed by atoms with Crippen LogP contribution in [0.25, 0.3) is 0 Å². The molecule has 0 aromatic heterocycles. The molecule has 3 aromatic rings. The summed E-state index contributed by atoms with van der Waals surface area (Å²) in [4.78, 5) is 24.1. The van der Waals surface area contributed by atoms with Crippen LogP contribution in [0.3, 0.4) is 0 Å². The van der Waals surface area contributed by atoms with Crippen molar-refractivity contribution in [1.29, 1.82) is 0 Å². The summed E-state index contributed by atoms with van der Waals surface area (Å²) >= 11 is 0. The monoisotopic (exact) mass is 416 g/mol. The van der Waals surface area contributed by atoms with Gasteiger partial charge >= 0.3 is 5.97 Å². The predicted molar refractivity (Wildman–Crippen MR) is 120 cm³/mol. The van der Waals surface area contributed by atoms with Crippen molar-refractivity contribution in [3.8, 4) is 11.5 Å². The second kappa shape index (κ2) is 10.2. The number of hydrazone groups is 1. The number of benzene rings is 3. The molecule has 0 heterocycles.